The highest BCUT2D eigenvalue weighted by Crippen LogP contribution is 2.38. The van der Waals surface area contributed by atoms with Crippen LogP contribution in [0.5, 0.6) is 0 Å². The predicted molar refractivity (Wildman–Crippen MR) is 88.3 cm³/mol. The van der Waals surface area contributed by atoms with E-state index in [0.29, 0.717) is 24.2 Å². The van der Waals surface area contributed by atoms with Gasteiger partial charge in [0.25, 0.3) is 0 Å². The Morgan fingerprint density at radius 3 is 2.48 bits per heavy atom. The first-order valence-corrected chi connectivity index (χ1v) is 8.26. The number of ketones is 1. The van der Waals surface area contributed by atoms with Gasteiger partial charge in [-0.1, -0.05) is 50.0 Å². The minimum absolute atomic E-state index is 0.304. The first-order valence-electron chi connectivity index (χ1n) is 8.26. The van der Waals surface area contributed by atoms with Crippen LogP contribution >= 0.6 is 0 Å². The zero-order valence-corrected chi connectivity index (χ0v) is 13.1. The molecule has 0 aliphatic heterocycles. The number of carbonyl (C=O) groups is 1. The van der Waals surface area contributed by atoms with Crippen LogP contribution in [0, 0.1) is 5.92 Å². The van der Waals surface area contributed by atoms with E-state index in [2.05, 4.69) is 37.4 Å². The van der Waals surface area contributed by atoms with E-state index >= 15 is 0 Å². The fraction of sp³-hybridized carbons (Fsp3) is 0.526. The fourth-order valence-electron chi connectivity index (χ4n) is 3.66. The molecule has 1 saturated carbocycles. The molecule has 1 aromatic rings. The van der Waals surface area contributed by atoms with Gasteiger partial charge in [-0.3, -0.25) is 4.79 Å². The van der Waals surface area contributed by atoms with Crippen LogP contribution in [0.4, 0.5) is 5.69 Å². The molecule has 2 heteroatoms. The zero-order valence-electron chi connectivity index (χ0n) is 13.1. The highest BCUT2D eigenvalue weighted by atomic mass is 16.1. The van der Waals surface area contributed by atoms with E-state index in [1.54, 1.807) is 0 Å². The van der Waals surface area contributed by atoms with Gasteiger partial charge in [0, 0.05) is 29.3 Å². The lowest BCUT2D eigenvalue weighted by Gasteiger charge is -2.25. The first kappa shape index (κ1) is 14.4. The summed E-state index contributed by atoms with van der Waals surface area (Å²) < 4.78 is 0. The second-order valence-electron chi connectivity index (χ2n) is 6.61. The van der Waals surface area contributed by atoms with E-state index < -0.39 is 0 Å². The van der Waals surface area contributed by atoms with Crippen molar-refractivity contribution in [3.8, 4) is 0 Å². The van der Waals surface area contributed by atoms with Crippen molar-refractivity contribution in [2.45, 2.75) is 58.4 Å². The van der Waals surface area contributed by atoms with Crippen LogP contribution in [-0.4, -0.2) is 11.8 Å². The summed E-state index contributed by atoms with van der Waals surface area (Å²) in [5.41, 5.74) is 4.45. The number of benzene rings is 1. The molecule has 0 saturated heterocycles. The van der Waals surface area contributed by atoms with Crippen molar-refractivity contribution in [2.24, 2.45) is 5.92 Å². The largest absolute Gasteiger partial charge is 0.382 e. The summed E-state index contributed by atoms with van der Waals surface area (Å²) >= 11 is 0. The number of Topliss-reactive ketones (excluding diaryl/α,β-unsaturated/α-hetero) is 1. The van der Waals surface area contributed by atoms with Crippen LogP contribution in [0.15, 0.2) is 29.8 Å². The number of hydrogen-bond donors (Lipinski definition) is 1. The maximum Gasteiger partial charge on any atom is 0.164 e. The molecule has 1 aromatic carbocycles. The van der Waals surface area contributed by atoms with Gasteiger partial charge in [-0.05, 0) is 31.7 Å². The number of nitrogens with one attached hydrogen (secondary N) is 1. The Balaban J connectivity index is 1.91. The molecule has 1 fully saturated rings. The molecule has 112 valence electrons. The van der Waals surface area contributed by atoms with E-state index in [-0.39, 0.29) is 0 Å². The van der Waals surface area contributed by atoms with Crippen molar-refractivity contribution in [3.63, 3.8) is 0 Å². The summed E-state index contributed by atoms with van der Waals surface area (Å²) in [4.78, 5) is 12.4. The van der Waals surface area contributed by atoms with Crippen LogP contribution in [0.2, 0.25) is 0 Å². The van der Waals surface area contributed by atoms with Crippen molar-refractivity contribution in [3.05, 3.63) is 35.4 Å². The minimum Gasteiger partial charge on any atom is -0.382 e. The summed E-state index contributed by atoms with van der Waals surface area (Å²) in [5.74, 6) is 0.688. The molecule has 21 heavy (non-hydrogen) atoms. The minimum atomic E-state index is 0.304. The van der Waals surface area contributed by atoms with Gasteiger partial charge in [0.05, 0.1) is 0 Å². The molecule has 3 rings (SSSR count). The third-order valence-corrected chi connectivity index (χ3v) is 5.07. The van der Waals surface area contributed by atoms with Gasteiger partial charge in [-0.15, -0.1) is 0 Å². The van der Waals surface area contributed by atoms with Gasteiger partial charge >= 0.3 is 0 Å². The van der Waals surface area contributed by atoms with Gasteiger partial charge in [0.1, 0.15) is 0 Å². The molecule has 0 spiro atoms. The second-order valence-corrected chi connectivity index (χ2v) is 6.61. The SMILES string of the molecule is CC1=C(c2ccccc2NC2CCCCC2)C(=O)CC1C. The number of hydrogen-bond acceptors (Lipinski definition) is 2. The molecule has 0 amide bonds. The van der Waals surface area contributed by atoms with Crippen LogP contribution in [-0.2, 0) is 4.79 Å². The molecule has 0 aromatic heterocycles. The second kappa shape index (κ2) is 6.05. The van der Waals surface area contributed by atoms with Gasteiger partial charge in [0.15, 0.2) is 5.78 Å². The lowest BCUT2D eigenvalue weighted by molar-refractivity contribution is -0.113. The standard InChI is InChI=1S/C19H25NO/c1-13-12-18(21)19(14(13)2)16-10-6-7-11-17(16)20-15-8-4-3-5-9-15/h6-7,10-11,13,15,20H,3-5,8-9,12H2,1-2H3. The van der Waals surface area contributed by atoms with E-state index in [4.69, 9.17) is 0 Å². The Kier molecular flexibility index (Phi) is 4.14. The number of para-hydroxylation sites is 1. The summed E-state index contributed by atoms with van der Waals surface area (Å²) in [6.45, 7) is 4.26. The van der Waals surface area contributed by atoms with Gasteiger partial charge in [0.2, 0.25) is 0 Å². The van der Waals surface area contributed by atoms with Crippen molar-refractivity contribution >= 4 is 17.0 Å². The first-order chi connectivity index (χ1) is 10.2. The summed E-state index contributed by atoms with van der Waals surface area (Å²) in [5, 5.41) is 3.70. The third-order valence-electron chi connectivity index (χ3n) is 5.07. The molecule has 0 radical (unpaired) electrons. The average molecular weight is 283 g/mol. The lowest BCUT2D eigenvalue weighted by atomic mass is 9.94. The van der Waals surface area contributed by atoms with Gasteiger partial charge in [-0.25, -0.2) is 0 Å². The Morgan fingerprint density at radius 2 is 1.81 bits per heavy atom. The highest BCUT2D eigenvalue weighted by molar-refractivity contribution is 6.25. The quantitative estimate of drug-likeness (QED) is 0.862. The Morgan fingerprint density at radius 1 is 1.10 bits per heavy atom. The monoisotopic (exact) mass is 283 g/mol. The fourth-order valence-corrected chi connectivity index (χ4v) is 3.66. The normalized spacial score (nSPS) is 23.7. The van der Waals surface area contributed by atoms with E-state index in [1.807, 2.05) is 6.07 Å². The van der Waals surface area contributed by atoms with Crippen molar-refractivity contribution < 1.29 is 4.79 Å². The van der Waals surface area contributed by atoms with Gasteiger partial charge < -0.3 is 5.32 Å². The molecular formula is C19H25NO. The molecule has 1 N–H and O–H groups in total. The number of rotatable bonds is 3. The number of anilines is 1. The molecule has 0 heterocycles. The summed E-state index contributed by atoms with van der Waals surface area (Å²) in [7, 11) is 0. The van der Waals surface area contributed by atoms with E-state index in [1.165, 1.54) is 37.7 Å². The predicted octanol–water partition coefficient (Wildman–Crippen LogP) is 4.81. The van der Waals surface area contributed by atoms with Crippen molar-refractivity contribution in [2.75, 3.05) is 5.32 Å². The molecular weight excluding hydrogens is 258 g/mol. The van der Waals surface area contributed by atoms with Gasteiger partial charge in [-0.2, -0.15) is 0 Å². The van der Waals surface area contributed by atoms with Crippen LogP contribution in [0.3, 0.4) is 0 Å². The lowest BCUT2D eigenvalue weighted by Crippen LogP contribution is -2.23. The molecule has 1 atom stereocenters. The third kappa shape index (κ3) is 2.90. The van der Waals surface area contributed by atoms with Crippen molar-refractivity contribution in [1.82, 2.24) is 0 Å². The van der Waals surface area contributed by atoms with E-state index in [9.17, 15) is 4.79 Å². The Labute approximate surface area is 127 Å². The number of carbonyl (C=O) groups excluding carboxylic acids is 1. The molecule has 2 aliphatic carbocycles. The highest BCUT2D eigenvalue weighted by Gasteiger charge is 2.29. The van der Waals surface area contributed by atoms with Crippen LogP contribution in [0.25, 0.3) is 5.57 Å². The Bertz CT molecular complexity index is 567. The summed E-state index contributed by atoms with van der Waals surface area (Å²) in [6.07, 6.45) is 7.15. The molecule has 1 unspecified atom stereocenters. The molecule has 0 bridgehead atoms. The molecule has 2 nitrogen and oxygen atoms in total. The maximum absolute atomic E-state index is 12.4. The van der Waals surface area contributed by atoms with Crippen molar-refractivity contribution in [1.29, 1.82) is 0 Å². The zero-order chi connectivity index (χ0) is 14.8. The topological polar surface area (TPSA) is 29.1 Å². The summed E-state index contributed by atoms with van der Waals surface area (Å²) in [6, 6.07) is 8.89. The van der Waals surface area contributed by atoms with E-state index in [0.717, 1.165) is 16.8 Å². The smallest absolute Gasteiger partial charge is 0.164 e. The van der Waals surface area contributed by atoms with Crippen LogP contribution < -0.4 is 5.32 Å². The maximum atomic E-state index is 12.4. The molecule has 2 aliphatic rings. The van der Waals surface area contributed by atoms with Crippen LogP contribution in [0.1, 0.15) is 57.9 Å². The number of allylic oxidation sites excluding steroid dienone is 2. The average Bonchev–Trinajstić information content (AvgIpc) is 2.74. The Hall–Kier alpha value is -1.57.